The summed E-state index contributed by atoms with van der Waals surface area (Å²) in [6.07, 6.45) is 0. The van der Waals surface area contributed by atoms with Crippen LogP contribution in [-0.4, -0.2) is 25.3 Å². The first-order chi connectivity index (χ1) is 8.74. The molecule has 7 nitrogen and oxygen atoms in total. The van der Waals surface area contributed by atoms with Crippen molar-refractivity contribution in [1.29, 1.82) is 0 Å². The van der Waals surface area contributed by atoms with Gasteiger partial charge in [0, 0.05) is 6.07 Å². The number of rotatable bonds is 2. The van der Waals surface area contributed by atoms with Gasteiger partial charge >= 0.3 is 0 Å². The second-order valence-electron chi connectivity index (χ2n) is 3.46. The molecular weight excluding hydrogens is 300 g/mol. The molecule has 0 saturated heterocycles. The van der Waals surface area contributed by atoms with Gasteiger partial charge in [0.2, 0.25) is 5.88 Å². The zero-order chi connectivity index (χ0) is 12.5. The normalized spacial score (nSPS) is 10.7. The minimum atomic E-state index is 0.355. The highest BCUT2D eigenvalue weighted by Crippen LogP contribution is 2.33. The summed E-state index contributed by atoms with van der Waals surface area (Å²) in [5.41, 5.74) is 6.89. The number of hydrogen-bond acceptors (Lipinski definition) is 6. The van der Waals surface area contributed by atoms with E-state index < -0.39 is 0 Å². The first kappa shape index (κ1) is 10.9. The second kappa shape index (κ2) is 4.22. The number of nitrogen functional groups attached to an aromatic ring is 1. The zero-order valence-electron chi connectivity index (χ0n) is 8.99. The topological polar surface area (TPSA) is 91.2 Å². The third-order valence-electron chi connectivity index (χ3n) is 2.25. The van der Waals surface area contributed by atoms with E-state index in [1.807, 2.05) is 12.1 Å². The van der Waals surface area contributed by atoms with Crippen LogP contribution in [0, 0.1) is 0 Å². The summed E-state index contributed by atoms with van der Waals surface area (Å²) in [7, 11) is 0. The van der Waals surface area contributed by atoms with Crippen molar-refractivity contribution in [2.45, 2.75) is 0 Å². The van der Waals surface area contributed by atoms with Gasteiger partial charge in [-0.05, 0) is 44.6 Å². The van der Waals surface area contributed by atoms with Crippen molar-refractivity contribution in [3.05, 3.63) is 34.8 Å². The van der Waals surface area contributed by atoms with Crippen LogP contribution < -0.4 is 10.5 Å². The molecule has 90 valence electrons. The van der Waals surface area contributed by atoms with Gasteiger partial charge in [-0.2, -0.15) is 0 Å². The lowest BCUT2D eigenvalue weighted by atomic mass is 10.3. The van der Waals surface area contributed by atoms with Crippen LogP contribution in [0.1, 0.15) is 0 Å². The van der Waals surface area contributed by atoms with E-state index in [2.05, 4.69) is 36.6 Å². The average Bonchev–Trinajstić information content (AvgIpc) is 2.81. The molecule has 0 radical (unpaired) electrons. The number of hydrogen-bond donors (Lipinski definition) is 1. The maximum Gasteiger partial charge on any atom is 0.239 e. The smallest absolute Gasteiger partial charge is 0.239 e. The highest BCUT2D eigenvalue weighted by molar-refractivity contribution is 9.10. The van der Waals surface area contributed by atoms with Gasteiger partial charge in [-0.25, -0.2) is 0 Å². The summed E-state index contributed by atoms with van der Waals surface area (Å²) >= 11 is 3.37. The lowest BCUT2D eigenvalue weighted by Gasteiger charge is -2.08. The van der Waals surface area contributed by atoms with Crippen LogP contribution in [-0.2, 0) is 0 Å². The highest BCUT2D eigenvalue weighted by Gasteiger charge is 2.09. The van der Waals surface area contributed by atoms with Gasteiger partial charge < -0.3 is 10.5 Å². The molecule has 0 unspecified atom stereocenters. The fourth-order valence-electron chi connectivity index (χ4n) is 1.43. The number of anilines is 1. The Labute approximate surface area is 110 Å². The molecule has 0 bridgehead atoms. The van der Waals surface area contributed by atoms with Gasteiger partial charge in [0.1, 0.15) is 0 Å². The van der Waals surface area contributed by atoms with E-state index in [4.69, 9.17) is 10.5 Å². The van der Waals surface area contributed by atoms with Crippen LogP contribution in [0.3, 0.4) is 0 Å². The molecule has 0 aliphatic rings. The molecule has 18 heavy (non-hydrogen) atoms. The second-order valence-corrected chi connectivity index (χ2v) is 4.31. The predicted octanol–water partition coefficient (Wildman–Crippen LogP) is 1.66. The third kappa shape index (κ3) is 1.86. The molecule has 0 aliphatic heterocycles. The number of benzene rings is 1. The molecule has 3 rings (SSSR count). The Morgan fingerprint density at radius 2 is 2.11 bits per heavy atom. The van der Waals surface area contributed by atoms with E-state index in [0.717, 1.165) is 4.47 Å². The lowest BCUT2D eigenvalue weighted by molar-refractivity contribution is 0.446. The fourth-order valence-corrected chi connectivity index (χ4v) is 1.89. The Balaban J connectivity index is 2.00. The molecule has 0 aliphatic carbocycles. The minimum Gasteiger partial charge on any atom is -0.434 e. The molecule has 2 aromatic heterocycles. The summed E-state index contributed by atoms with van der Waals surface area (Å²) in [5, 5.41) is 15.0. The first-order valence-electron chi connectivity index (χ1n) is 5.01. The fraction of sp³-hybridized carbons (Fsp3) is 0. The molecule has 3 aromatic rings. The molecule has 8 heteroatoms. The number of ether oxygens (including phenoxy) is 1. The Hall–Kier alpha value is -2.22. The number of para-hydroxylation sites is 1. The van der Waals surface area contributed by atoms with Crippen LogP contribution in [0.15, 0.2) is 34.8 Å². The van der Waals surface area contributed by atoms with Gasteiger partial charge in [0.25, 0.3) is 0 Å². The molecule has 1 aromatic carbocycles. The summed E-state index contributed by atoms with van der Waals surface area (Å²) in [6.45, 7) is 0. The van der Waals surface area contributed by atoms with Gasteiger partial charge in [-0.15, -0.1) is 14.8 Å². The van der Waals surface area contributed by atoms with Crippen molar-refractivity contribution in [3.63, 3.8) is 0 Å². The number of halogens is 1. The summed E-state index contributed by atoms with van der Waals surface area (Å²) < 4.78 is 7.65. The van der Waals surface area contributed by atoms with Gasteiger partial charge in [0.15, 0.2) is 11.4 Å². The van der Waals surface area contributed by atoms with Crippen LogP contribution >= 0.6 is 15.9 Å². The third-order valence-corrected chi connectivity index (χ3v) is 2.87. The van der Waals surface area contributed by atoms with Crippen LogP contribution in [0.5, 0.6) is 11.6 Å². The van der Waals surface area contributed by atoms with Crippen molar-refractivity contribution in [3.8, 4) is 11.6 Å². The van der Waals surface area contributed by atoms with Crippen molar-refractivity contribution in [2.24, 2.45) is 0 Å². The number of nitrogens with two attached hydrogens (primary N) is 1. The quantitative estimate of drug-likeness (QED) is 0.724. The molecular formula is C10H7BrN6O. The van der Waals surface area contributed by atoms with Crippen molar-refractivity contribution in [1.82, 2.24) is 25.3 Å². The molecule has 0 spiro atoms. The Morgan fingerprint density at radius 1 is 1.22 bits per heavy atom. The molecule has 0 fully saturated rings. The van der Waals surface area contributed by atoms with Crippen LogP contribution in [0.2, 0.25) is 0 Å². The molecule has 2 N–H and O–H groups in total. The van der Waals surface area contributed by atoms with Crippen molar-refractivity contribution >= 4 is 27.3 Å². The van der Waals surface area contributed by atoms with E-state index >= 15 is 0 Å². The SMILES string of the molecule is Nc1cccc(Br)c1Oc1ccc2nnnn2n1. The predicted molar refractivity (Wildman–Crippen MR) is 67.2 cm³/mol. The van der Waals surface area contributed by atoms with Gasteiger partial charge in [-0.3, -0.25) is 0 Å². The summed E-state index contributed by atoms with van der Waals surface area (Å²) in [4.78, 5) is 0. The number of tetrazole rings is 1. The van der Waals surface area contributed by atoms with E-state index in [1.165, 1.54) is 4.63 Å². The number of fused-ring (bicyclic) bond motifs is 1. The van der Waals surface area contributed by atoms with E-state index in [-0.39, 0.29) is 0 Å². The Bertz CT molecular complexity index is 692. The molecule has 0 saturated carbocycles. The zero-order valence-corrected chi connectivity index (χ0v) is 10.6. The largest absolute Gasteiger partial charge is 0.434 e. The number of aromatic nitrogens is 5. The van der Waals surface area contributed by atoms with Crippen LogP contribution in [0.25, 0.3) is 5.65 Å². The summed E-state index contributed by atoms with van der Waals surface area (Å²) in [5.74, 6) is 0.867. The maximum atomic E-state index is 5.83. The maximum absolute atomic E-state index is 5.83. The summed E-state index contributed by atoms with van der Waals surface area (Å²) in [6, 6.07) is 8.78. The molecule has 2 heterocycles. The first-order valence-corrected chi connectivity index (χ1v) is 5.80. The van der Waals surface area contributed by atoms with Gasteiger partial charge in [-0.1, -0.05) is 6.07 Å². The van der Waals surface area contributed by atoms with Crippen LogP contribution in [0.4, 0.5) is 5.69 Å². The molecule has 0 amide bonds. The minimum absolute atomic E-state index is 0.355. The number of nitrogens with zero attached hydrogens (tertiary/aromatic N) is 5. The molecule has 0 atom stereocenters. The Kier molecular flexibility index (Phi) is 2.56. The van der Waals surface area contributed by atoms with Crippen molar-refractivity contribution < 1.29 is 4.74 Å². The highest BCUT2D eigenvalue weighted by atomic mass is 79.9. The standard InChI is InChI=1S/C10H7BrN6O/c11-6-2-1-3-7(12)10(6)18-9-5-4-8-13-15-16-17(8)14-9/h1-5H,12H2. The van der Waals surface area contributed by atoms with E-state index in [1.54, 1.807) is 18.2 Å². The van der Waals surface area contributed by atoms with Gasteiger partial charge in [0.05, 0.1) is 10.2 Å². The lowest BCUT2D eigenvalue weighted by Crippen LogP contribution is -1.99. The average molecular weight is 307 g/mol. The monoisotopic (exact) mass is 306 g/mol. The van der Waals surface area contributed by atoms with E-state index in [9.17, 15) is 0 Å². The van der Waals surface area contributed by atoms with E-state index in [0.29, 0.717) is 23.0 Å². The van der Waals surface area contributed by atoms with Crippen molar-refractivity contribution in [2.75, 3.05) is 5.73 Å². The Morgan fingerprint density at radius 3 is 2.94 bits per heavy atom.